The van der Waals surface area contributed by atoms with Crippen molar-refractivity contribution in [3.63, 3.8) is 0 Å². The van der Waals surface area contributed by atoms with Crippen molar-refractivity contribution >= 4 is 11.9 Å². The molecule has 23 heavy (non-hydrogen) atoms. The van der Waals surface area contributed by atoms with E-state index in [0.717, 1.165) is 48.6 Å². The summed E-state index contributed by atoms with van der Waals surface area (Å²) in [6, 6.07) is 4.17. The number of carbonyl (C=O) groups is 1. The van der Waals surface area contributed by atoms with E-state index in [9.17, 15) is 4.79 Å². The lowest BCUT2D eigenvalue weighted by Crippen LogP contribution is -2.32. The van der Waals surface area contributed by atoms with Gasteiger partial charge in [0.1, 0.15) is 6.10 Å². The van der Waals surface area contributed by atoms with Crippen LogP contribution in [0.1, 0.15) is 52.1 Å². The number of ether oxygens (including phenoxy) is 1. The highest BCUT2D eigenvalue weighted by Crippen LogP contribution is 2.36. The van der Waals surface area contributed by atoms with Gasteiger partial charge in [-0.25, -0.2) is 14.8 Å². The number of anilines is 1. The van der Waals surface area contributed by atoms with E-state index in [1.54, 1.807) is 0 Å². The van der Waals surface area contributed by atoms with Gasteiger partial charge in [0.15, 0.2) is 0 Å². The Labute approximate surface area is 135 Å². The second-order valence-corrected chi connectivity index (χ2v) is 6.24. The molecular weight excluding hydrogens is 290 g/mol. The predicted molar refractivity (Wildman–Crippen MR) is 86.4 cm³/mol. The first-order valence-corrected chi connectivity index (χ1v) is 8.06. The number of nitrogens with zero attached hydrogens (tertiary/aromatic N) is 3. The third-order valence-electron chi connectivity index (χ3n) is 4.62. The van der Waals surface area contributed by atoms with Crippen molar-refractivity contribution in [2.75, 3.05) is 11.4 Å². The molecule has 0 amide bonds. The molecule has 5 heteroatoms. The Balaban J connectivity index is 1.67. The van der Waals surface area contributed by atoms with Gasteiger partial charge in [-0.15, -0.1) is 0 Å². The molecule has 2 aromatic rings. The molecule has 118 valence electrons. The fraction of sp³-hybridized carbons (Fsp3) is 0.389. The summed E-state index contributed by atoms with van der Waals surface area (Å²) in [5.41, 5.74) is 5.31. The Kier molecular flexibility index (Phi) is 3.29. The van der Waals surface area contributed by atoms with Crippen LogP contribution in [-0.2, 0) is 17.7 Å². The van der Waals surface area contributed by atoms with Crippen LogP contribution >= 0.6 is 0 Å². The SMILES string of the molecule is CCC1OC(=O)c2cc3c(cc21)CCN(c1ncc(C)cn1)C3. The van der Waals surface area contributed by atoms with E-state index < -0.39 is 0 Å². The van der Waals surface area contributed by atoms with Crippen LogP contribution in [0.25, 0.3) is 0 Å². The van der Waals surface area contributed by atoms with Crippen molar-refractivity contribution < 1.29 is 9.53 Å². The van der Waals surface area contributed by atoms with Crippen molar-refractivity contribution in [2.24, 2.45) is 0 Å². The molecule has 0 N–H and O–H groups in total. The maximum absolute atomic E-state index is 12.0. The number of cyclic esters (lactones) is 1. The van der Waals surface area contributed by atoms with Crippen LogP contribution < -0.4 is 4.90 Å². The molecule has 0 saturated heterocycles. The minimum Gasteiger partial charge on any atom is -0.454 e. The number of aromatic nitrogens is 2. The van der Waals surface area contributed by atoms with Gasteiger partial charge in [0, 0.05) is 31.0 Å². The molecular formula is C18H19N3O2. The molecule has 3 heterocycles. The molecule has 2 aliphatic heterocycles. The van der Waals surface area contributed by atoms with Crippen LogP contribution in [-0.4, -0.2) is 22.5 Å². The third kappa shape index (κ3) is 2.36. The van der Waals surface area contributed by atoms with Crippen LogP contribution in [0.4, 0.5) is 5.95 Å². The van der Waals surface area contributed by atoms with Crippen LogP contribution in [0, 0.1) is 6.92 Å². The average Bonchev–Trinajstić information content (AvgIpc) is 2.88. The molecule has 0 fully saturated rings. The highest BCUT2D eigenvalue weighted by molar-refractivity contribution is 5.94. The zero-order chi connectivity index (χ0) is 16.0. The third-order valence-corrected chi connectivity index (χ3v) is 4.62. The molecule has 4 rings (SSSR count). The van der Waals surface area contributed by atoms with E-state index in [1.807, 2.05) is 32.3 Å². The van der Waals surface area contributed by atoms with Gasteiger partial charge < -0.3 is 9.64 Å². The molecule has 1 aromatic heterocycles. The molecule has 1 aromatic carbocycles. The monoisotopic (exact) mass is 309 g/mol. The van der Waals surface area contributed by atoms with Crippen molar-refractivity contribution in [1.29, 1.82) is 0 Å². The second-order valence-electron chi connectivity index (χ2n) is 6.24. The lowest BCUT2D eigenvalue weighted by molar-refractivity contribution is 0.0378. The standard InChI is InChI=1S/C18H19N3O2/c1-3-16-14-6-12-4-5-21(18-19-8-11(2)9-20-18)10-13(12)7-15(14)17(22)23-16/h6-9,16H,3-5,10H2,1-2H3. The van der Waals surface area contributed by atoms with Crippen LogP contribution in [0.15, 0.2) is 24.5 Å². The van der Waals surface area contributed by atoms with E-state index in [1.165, 1.54) is 11.1 Å². The normalized spacial score (nSPS) is 19.3. The smallest absolute Gasteiger partial charge is 0.339 e. The average molecular weight is 309 g/mol. The molecule has 0 radical (unpaired) electrons. The van der Waals surface area contributed by atoms with Gasteiger partial charge >= 0.3 is 5.97 Å². The summed E-state index contributed by atoms with van der Waals surface area (Å²) in [4.78, 5) is 23.0. The van der Waals surface area contributed by atoms with Crippen LogP contribution in [0.3, 0.4) is 0 Å². The van der Waals surface area contributed by atoms with E-state index in [0.29, 0.717) is 0 Å². The highest BCUT2D eigenvalue weighted by atomic mass is 16.5. The molecule has 0 spiro atoms. The summed E-state index contributed by atoms with van der Waals surface area (Å²) in [7, 11) is 0. The number of hydrogen-bond acceptors (Lipinski definition) is 5. The van der Waals surface area contributed by atoms with Crippen molar-refractivity contribution in [1.82, 2.24) is 9.97 Å². The topological polar surface area (TPSA) is 55.3 Å². The van der Waals surface area contributed by atoms with Gasteiger partial charge in [0.05, 0.1) is 5.56 Å². The molecule has 0 aliphatic carbocycles. The predicted octanol–water partition coefficient (Wildman–Crippen LogP) is 2.97. The van der Waals surface area contributed by atoms with E-state index in [2.05, 4.69) is 20.9 Å². The molecule has 5 nitrogen and oxygen atoms in total. The highest BCUT2D eigenvalue weighted by Gasteiger charge is 2.32. The van der Waals surface area contributed by atoms with Gasteiger partial charge in [-0.2, -0.15) is 0 Å². The largest absolute Gasteiger partial charge is 0.454 e. The number of fused-ring (bicyclic) bond motifs is 2. The van der Waals surface area contributed by atoms with Gasteiger partial charge in [-0.3, -0.25) is 0 Å². The summed E-state index contributed by atoms with van der Waals surface area (Å²) in [6.07, 6.45) is 5.35. The second kappa shape index (κ2) is 5.33. The minimum absolute atomic E-state index is 0.0822. The molecule has 1 atom stereocenters. The molecule has 0 bridgehead atoms. The number of hydrogen-bond donors (Lipinski definition) is 0. The zero-order valence-electron chi connectivity index (χ0n) is 13.4. The molecule has 2 aliphatic rings. The summed E-state index contributed by atoms with van der Waals surface area (Å²) >= 11 is 0. The summed E-state index contributed by atoms with van der Waals surface area (Å²) in [5.74, 6) is 0.550. The van der Waals surface area contributed by atoms with Crippen molar-refractivity contribution in [3.8, 4) is 0 Å². The number of aryl methyl sites for hydroxylation is 1. The Morgan fingerprint density at radius 1 is 1.26 bits per heavy atom. The number of benzene rings is 1. The zero-order valence-corrected chi connectivity index (χ0v) is 13.4. The van der Waals surface area contributed by atoms with E-state index in [-0.39, 0.29) is 12.1 Å². The Hall–Kier alpha value is -2.43. The number of esters is 1. The van der Waals surface area contributed by atoms with Crippen LogP contribution in [0.5, 0.6) is 0 Å². The number of carbonyl (C=O) groups excluding carboxylic acids is 1. The fourth-order valence-electron chi connectivity index (χ4n) is 3.35. The Bertz CT molecular complexity index is 771. The van der Waals surface area contributed by atoms with Crippen LogP contribution in [0.2, 0.25) is 0 Å². The number of rotatable bonds is 2. The van der Waals surface area contributed by atoms with Crippen molar-refractivity contribution in [2.45, 2.75) is 39.3 Å². The van der Waals surface area contributed by atoms with E-state index in [4.69, 9.17) is 4.74 Å². The van der Waals surface area contributed by atoms with Gasteiger partial charge in [0.2, 0.25) is 5.95 Å². The summed E-state index contributed by atoms with van der Waals surface area (Å²) in [6.45, 7) is 5.65. The molecule has 0 saturated carbocycles. The Morgan fingerprint density at radius 2 is 2.04 bits per heavy atom. The van der Waals surface area contributed by atoms with Gasteiger partial charge in [-0.1, -0.05) is 13.0 Å². The maximum atomic E-state index is 12.0. The lowest BCUT2D eigenvalue weighted by atomic mass is 9.92. The summed E-state index contributed by atoms with van der Waals surface area (Å²) < 4.78 is 5.45. The first kappa shape index (κ1) is 14.2. The first-order valence-electron chi connectivity index (χ1n) is 8.06. The quantitative estimate of drug-likeness (QED) is 0.798. The van der Waals surface area contributed by atoms with Gasteiger partial charge in [0.25, 0.3) is 0 Å². The maximum Gasteiger partial charge on any atom is 0.339 e. The fourth-order valence-corrected chi connectivity index (χ4v) is 3.35. The molecule has 1 unspecified atom stereocenters. The Morgan fingerprint density at radius 3 is 2.78 bits per heavy atom. The van der Waals surface area contributed by atoms with Crippen molar-refractivity contribution in [3.05, 3.63) is 52.3 Å². The summed E-state index contributed by atoms with van der Waals surface area (Å²) in [5, 5.41) is 0. The van der Waals surface area contributed by atoms with E-state index >= 15 is 0 Å². The minimum atomic E-state index is -0.196. The first-order chi connectivity index (χ1) is 11.2. The lowest BCUT2D eigenvalue weighted by Gasteiger charge is -2.29. The van der Waals surface area contributed by atoms with Gasteiger partial charge in [-0.05, 0) is 42.5 Å².